The molecule has 25 heavy (non-hydrogen) atoms. The number of hydrogen-bond donors (Lipinski definition) is 1. The first kappa shape index (κ1) is 16.3. The summed E-state index contributed by atoms with van der Waals surface area (Å²) in [5.74, 6) is -2.25. The van der Waals surface area contributed by atoms with Gasteiger partial charge in [-0.1, -0.05) is 24.3 Å². The van der Waals surface area contributed by atoms with Crippen LogP contribution in [-0.2, 0) is 0 Å². The van der Waals surface area contributed by atoms with Gasteiger partial charge in [-0.15, -0.1) is 0 Å². The predicted octanol–water partition coefficient (Wildman–Crippen LogP) is 0.714. The molecular formula is C18H12N2O5-2. The average molecular weight is 336 g/mol. The Morgan fingerprint density at radius 2 is 1.84 bits per heavy atom. The van der Waals surface area contributed by atoms with Crippen molar-refractivity contribution in [3.8, 4) is 5.75 Å². The van der Waals surface area contributed by atoms with Gasteiger partial charge in [0.1, 0.15) is 11.3 Å². The third-order valence-corrected chi connectivity index (χ3v) is 3.67. The number of para-hydroxylation sites is 1. The fourth-order valence-corrected chi connectivity index (χ4v) is 2.52. The number of fused-ring (bicyclic) bond motifs is 1. The molecule has 7 heteroatoms. The highest BCUT2D eigenvalue weighted by atomic mass is 16.5. The van der Waals surface area contributed by atoms with Gasteiger partial charge in [-0.25, -0.2) is 0 Å². The lowest BCUT2D eigenvalue weighted by molar-refractivity contribution is -0.256. The fourth-order valence-electron chi connectivity index (χ4n) is 2.52. The summed E-state index contributed by atoms with van der Waals surface area (Å²) in [4.78, 5) is 26.6. The van der Waals surface area contributed by atoms with E-state index in [1.165, 1.54) is 31.5 Å². The van der Waals surface area contributed by atoms with Gasteiger partial charge in [0.2, 0.25) is 0 Å². The van der Waals surface area contributed by atoms with E-state index in [0.29, 0.717) is 22.3 Å². The van der Waals surface area contributed by atoms with Gasteiger partial charge < -0.3 is 29.9 Å². The van der Waals surface area contributed by atoms with E-state index in [0.717, 1.165) is 0 Å². The molecule has 1 aromatic heterocycles. The van der Waals surface area contributed by atoms with Crippen LogP contribution in [0.15, 0.2) is 48.7 Å². The number of pyridine rings is 1. The number of carbonyl (C=O) groups is 2. The molecule has 2 aromatic carbocycles. The van der Waals surface area contributed by atoms with Crippen LogP contribution in [-0.4, -0.2) is 24.0 Å². The molecule has 0 spiro atoms. The van der Waals surface area contributed by atoms with Crippen LogP contribution in [0.5, 0.6) is 5.75 Å². The summed E-state index contributed by atoms with van der Waals surface area (Å²) in [6.07, 6.45) is 1.17. The van der Waals surface area contributed by atoms with E-state index in [1.54, 1.807) is 24.3 Å². The Morgan fingerprint density at radius 3 is 2.52 bits per heavy atom. The number of nitrogens with one attached hydrogen (secondary N) is 1. The van der Waals surface area contributed by atoms with Crippen LogP contribution in [0.3, 0.4) is 0 Å². The SMILES string of the molecule is COc1cccc2c(Nc3cccc(C(=O)[O-])c3)c(C(=O)[O-])cnc12. The van der Waals surface area contributed by atoms with Crippen molar-refractivity contribution >= 4 is 34.2 Å². The lowest BCUT2D eigenvalue weighted by atomic mass is 10.1. The van der Waals surface area contributed by atoms with Gasteiger partial charge >= 0.3 is 0 Å². The van der Waals surface area contributed by atoms with Crippen LogP contribution in [0.2, 0.25) is 0 Å². The highest BCUT2D eigenvalue weighted by Crippen LogP contribution is 2.33. The molecule has 7 nitrogen and oxygen atoms in total. The molecule has 0 amide bonds. The second kappa shape index (κ2) is 6.48. The van der Waals surface area contributed by atoms with Gasteiger partial charge in [0.05, 0.1) is 24.7 Å². The van der Waals surface area contributed by atoms with Gasteiger partial charge in [-0.2, -0.15) is 0 Å². The van der Waals surface area contributed by atoms with E-state index < -0.39 is 11.9 Å². The lowest BCUT2D eigenvalue weighted by Crippen LogP contribution is -2.24. The average Bonchev–Trinajstić information content (AvgIpc) is 2.61. The molecule has 0 aliphatic carbocycles. The zero-order valence-electron chi connectivity index (χ0n) is 13.1. The number of anilines is 2. The lowest BCUT2D eigenvalue weighted by Gasteiger charge is -2.17. The largest absolute Gasteiger partial charge is 0.545 e. The number of aromatic carboxylic acids is 2. The van der Waals surface area contributed by atoms with Crippen LogP contribution < -0.4 is 20.3 Å². The maximum absolute atomic E-state index is 11.5. The molecule has 3 rings (SSSR count). The minimum atomic E-state index is -1.41. The van der Waals surface area contributed by atoms with Gasteiger partial charge in [0.25, 0.3) is 0 Å². The molecule has 126 valence electrons. The maximum Gasteiger partial charge on any atom is 0.145 e. The number of carboxylic acids is 2. The summed E-state index contributed by atoms with van der Waals surface area (Å²) in [5.41, 5.74) is 0.906. The molecule has 0 unspecified atom stereocenters. The van der Waals surface area contributed by atoms with Crippen molar-refractivity contribution in [1.82, 2.24) is 4.98 Å². The van der Waals surface area contributed by atoms with Gasteiger partial charge in [0.15, 0.2) is 0 Å². The highest BCUT2D eigenvalue weighted by Gasteiger charge is 2.13. The third kappa shape index (κ3) is 3.07. The van der Waals surface area contributed by atoms with Crippen molar-refractivity contribution in [2.24, 2.45) is 0 Å². The molecular weight excluding hydrogens is 324 g/mol. The van der Waals surface area contributed by atoms with Crippen molar-refractivity contribution < 1.29 is 24.5 Å². The summed E-state index contributed by atoms with van der Waals surface area (Å²) in [6, 6.07) is 10.9. The molecule has 0 bridgehead atoms. The number of aromatic nitrogens is 1. The number of carbonyl (C=O) groups excluding carboxylic acids is 2. The molecule has 0 saturated heterocycles. The number of rotatable bonds is 5. The molecule has 0 saturated carbocycles. The zero-order valence-corrected chi connectivity index (χ0v) is 13.1. The van der Waals surface area contributed by atoms with Crippen LogP contribution in [0.1, 0.15) is 20.7 Å². The predicted molar refractivity (Wildman–Crippen MR) is 86.7 cm³/mol. The maximum atomic E-state index is 11.5. The number of ether oxygens (including phenoxy) is 1. The van der Waals surface area contributed by atoms with E-state index >= 15 is 0 Å². The smallest absolute Gasteiger partial charge is 0.145 e. The van der Waals surface area contributed by atoms with Crippen molar-refractivity contribution in [1.29, 1.82) is 0 Å². The van der Waals surface area contributed by atoms with Crippen LogP contribution in [0.4, 0.5) is 11.4 Å². The van der Waals surface area contributed by atoms with E-state index in [4.69, 9.17) is 4.74 Å². The second-order valence-corrected chi connectivity index (χ2v) is 5.18. The van der Waals surface area contributed by atoms with E-state index in [2.05, 4.69) is 10.3 Å². The number of methoxy groups -OCH3 is 1. The topological polar surface area (TPSA) is 114 Å². The zero-order chi connectivity index (χ0) is 18.0. The molecule has 1 N–H and O–H groups in total. The van der Waals surface area contributed by atoms with Crippen molar-refractivity contribution in [3.63, 3.8) is 0 Å². The third-order valence-electron chi connectivity index (χ3n) is 3.67. The Labute approximate surface area is 142 Å². The summed E-state index contributed by atoms with van der Waals surface area (Å²) in [6.45, 7) is 0. The van der Waals surface area contributed by atoms with Crippen LogP contribution >= 0.6 is 0 Å². The Hall–Kier alpha value is -3.61. The Kier molecular flexibility index (Phi) is 4.21. The Bertz CT molecular complexity index is 984. The van der Waals surface area contributed by atoms with Crippen molar-refractivity contribution in [2.75, 3.05) is 12.4 Å². The van der Waals surface area contributed by atoms with Crippen LogP contribution in [0, 0.1) is 0 Å². The van der Waals surface area contributed by atoms with Gasteiger partial charge in [0, 0.05) is 22.8 Å². The minimum absolute atomic E-state index is 0.0315. The summed E-state index contributed by atoms with van der Waals surface area (Å²) in [5, 5.41) is 25.9. The van der Waals surface area contributed by atoms with Crippen molar-refractivity contribution in [2.45, 2.75) is 0 Å². The van der Waals surface area contributed by atoms with E-state index in [1.807, 2.05) is 0 Å². The molecule has 0 fully saturated rings. The number of benzene rings is 2. The first-order chi connectivity index (χ1) is 12.0. The van der Waals surface area contributed by atoms with Crippen LogP contribution in [0.25, 0.3) is 10.9 Å². The first-order valence-electron chi connectivity index (χ1n) is 7.26. The monoisotopic (exact) mass is 336 g/mol. The summed E-state index contributed by atoms with van der Waals surface area (Å²) >= 11 is 0. The molecule has 0 radical (unpaired) electrons. The Morgan fingerprint density at radius 1 is 1.08 bits per heavy atom. The second-order valence-electron chi connectivity index (χ2n) is 5.18. The molecule has 3 aromatic rings. The van der Waals surface area contributed by atoms with E-state index in [9.17, 15) is 19.8 Å². The number of carboxylic acid groups (broad SMARTS) is 2. The summed E-state index contributed by atoms with van der Waals surface area (Å²) < 4.78 is 5.24. The standard InChI is InChI=1S/C18H14N2O5/c1-25-14-7-3-6-12-15(13(18(23)24)9-19-16(12)14)20-11-5-2-4-10(8-11)17(21)22/h2-9H,1H3,(H,19,20)(H,21,22)(H,23,24)/p-2. The quantitative estimate of drug-likeness (QED) is 0.730. The molecule has 1 heterocycles. The minimum Gasteiger partial charge on any atom is -0.545 e. The van der Waals surface area contributed by atoms with E-state index in [-0.39, 0.29) is 16.8 Å². The molecule has 0 aliphatic rings. The molecule has 0 aliphatic heterocycles. The van der Waals surface area contributed by atoms with Gasteiger partial charge in [-0.05, 0) is 23.8 Å². The normalized spacial score (nSPS) is 10.4. The first-order valence-corrected chi connectivity index (χ1v) is 7.26. The highest BCUT2D eigenvalue weighted by molar-refractivity contribution is 6.06. The Balaban J connectivity index is 2.19. The summed E-state index contributed by atoms with van der Waals surface area (Å²) in [7, 11) is 1.49. The number of hydrogen-bond acceptors (Lipinski definition) is 7. The molecule has 0 atom stereocenters. The fraction of sp³-hybridized carbons (Fsp3) is 0.0556. The number of nitrogens with zero attached hydrogens (tertiary/aromatic N) is 1. The van der Waals surface area contributed by atoms with Crippen molar-refractivity contribution in [3.05, 3.63) is 59.8 Å². The van der Waals surface area contributed by atoms with Gasteiger partial charge in [-0.3, -0.25) is 4.98 Å².